The Balaban J connectivity index is 1.99. The van der Waals surface area contributed by atoms with Crippen LogP contribution < -0.4 is 4.74 Å². The summed E-state index contributed by atoms with van der Waals surface area (Å²) in [5, 5.41) is 4.16. The van der Waals surface area contributed by atoms with Gasteiger partial charge in [0, 0.05) is 12.7 Å². The summed E-state index contributed by atoms with van der Waals surface area (Å²) < 4.78 is 9.49. The summed E-state index contributed by atoms with van der Waals surface area (Å²) in [6.07, 6.45) is 5.43. The van der Waals surface area contributed by atoms with E-state index in [1.54, 1.807) is 10.9 Å². The molecule has 5 nitrogen and oxygen atoms in total. The van der Waals surface area contributed by atoms with Gasteiger partial charge in [-0.25, -0.2) is 0 Å². The largest absolute Gasteiger partial charge is 0.434 e. The number of pyridine rings is 1. The molecule has 3 aromatic heterocycles. The minimum absolute atomic E-state index is 0.336. The summed E-state index contributed by atoms with van der Waals surface area (Å²) in [6, 6.07) is 5.78. The number of aryl methyl sites for hydroxylation is 1. The number of rotatable bonds is 4. The van der Waals surface area contributed by atoms with Crippen molar-refractivity contribution in [1.29, 1.82) is 0 Å². The summed E-state index contributed by atoms with van der Waals surface area (Å²) >= 11 is 5.99. The predicted molar refractivity (Wildman–Crippen MR) is 72.7 cm³/mol. The maximum atomic E-state index is 5.99. The monoisotopic (exact) mass is 276 g/mol. The smallest absolute Gasteiger partial charge is 0.242 e. The van der Waals surface area contributed by atoms with Crippen molar-refractivity contribution in [2.75, 3.05) is 0 Å². The molecule has 3 aromatic rings. The molecule has 0 saturated heterocycles. The van der Waals surface area contributed by atoms with Gasteiger partial charge >= 0.3 is 0 Å². The van der Waals surface area contributed by atoms with Gasteiger partial charge in [0.2, 0.25) is 5.88 Å². The second-order valence-corrected chi connectivity index (χ2v) is 4.33. The zero-order valence-corrected chi connectivity index (χ0v) is 11.2. The van der Waals surface area contributed by atoms with Crippen molar-refractivity contribution in [3.05, 3.63) is 42.5 Å². The van der Waals surface area contributed by atoms with Gasteiger partial charge in [-0.1, -0.05) is 6.07 Å². The molecule has 6 heteroatoms. The highest BCUT2D eigenvalue weighted by molar-refractivity contribution is 6.17. The summed E-state index contributed by atoms with van der Waals surface area (Å²) in [5.41, 5.74) is 1.65. The molecule has 3 heterocycles. The van der Waals surface area contributed by atoms with E-state index >= 15 is 0 Å². The van der Waals surface area contributed by atoms with E-state index in [0.717, 1.165) is 17.9 Å². The van der Waals surface area contributed by atoms with Gasteiger partial charge in [-0.05, 0) is 19.1 Å². The molecule has 0 amide bonds. The van der Waals surface area contributed by atoms with E-state index in [9.17, 15) is 0 Å². The van der Waals surface area contributed by atoms with E-state index in [1.165, 1.54) is 0 Å². The minimum atomic E-state index is 0.336. The van der Waals surface area contributed by atoms with Crippen molar-refractivity contribution in [3.63, 3.8) is 0 Å². The van der Waals surface area contributed by atoms with Crippen molar-refractivity contribution in [2.24, 2.45) is 0 Å². The molecule has 0 bridgehead atoms. The molecule has 0 N–H and O–H groups in total. The molecule has 3 rings (SSSR count). The molecule has 98 valence electrons. The first-order valence-electron chi connectivity index (χ1n) is 6.04. The highest BCUT2D eigenvalue weighted by Crippen LogP contribution is 2.26. The molecule has 19 heavy (non-hydrogen) atoms. The third-order valence-electron chi connectivity index (χ3n) is 2.87. The topological polar surface area (TPSA) is 44.4 Å². The Morgan fingerprint density at radius 3 is 3.00 bits per heavy atom. The lowest BCUT2D eigenvalue weighted by Gasteiger charge is -2.01. The molecule has 0 aliphatic heterocycles. The Hall–Kier alpha value is -2.01. The molecule has 0 aliphatic rings. The van der Waals surface area contributed by atoms with Gasteiger partial charge in [-0.2, -0.15) is 10.1 Å². The van der Waals surface area contributed by atoms with Crippen molar-refractivity contribution in [2.45, 2.75) is 19.3 Å². The lowest BCUT2D eigenvalue weighted by atomic mass is 10.4. The second-order valence-electron chi connectivity index (χ2n) is 4.06. The Bertz CT molecular complexity index is 704. The van der Waals surface area contributed by atoms with Crippen LogP contribution in [0.3, 0.4) is 0 Å². The number of halogens is 1. The number of alkyl halides is 1. The van der Waals surface area contributed by atoms with Gasteiger partial charge in [-0.3, -0.25) is 9.08 Å². The van der Waals surface area contributed by atoms with Crippen molar-refractivity contribution < 1.29 is 4.74 Å². The highest BCUT2D eigenvalue weighted by atomic mass is 35.5. The predicted octanol–water partition coefficient (Wildman–Crippen LogP) is 3.08. The van der Waals surface area contributed by atoms with Crippen molar-refractivity contribution in [1.82, 2.24) is 19.2 Å². The maximum absolute atomic E-state index is 5.99. The van der Waals surface area contributed by atoms with Crippen molar-refractivity contribution in [3.8, 4) is 11.6 Å². The van der Waals surface area contributed by atoms with Gasteiger partial charge in [0.15, 0.2) is 5.75 Å². The molecule has 0 radical (unpaired) electrons. The van der Waals surface area contributed by atoms with Crippen LogP contribution in [-0.4, -0.2) is 19.2 Å². The van der Waals surface area contributed by atoms with Gasteiger partial charge in [0.25, 0.3) is 0 Å². The van der Waals surface area contributed by atoms with Gasteiger partial charge in [0.1, 0.15) is 11.3 Å². The average molecular weight is 277 g/mol. The quantitative estimate of drug-likeness (QED) is 0.688. The number of hydrogen-bond donors (Lipinski definition) is 0. The maximum Gasteiger partial charge on any atom is 0.242 e. The number of ether oxygens (including phenoxy) is 1. The number of hydrogen-bond acceptors (Lipinski definition) is 3. The fourth-order valence-electron chi connectivity index (χ4n) is 1.91. The van der Waals surface area contributed by atoms with Gasteiger partial charge in [0.05, 0.1) is 18.3 Å². The van der Waals surface area contributed by atoms with Crippen LogP contribution in [0.4, 0.5) is 0 Å². The number of aromatic nitrogens is 4. The Morgan fingerprint density at radius 2 is 2.26 bits per heavy atom. The third kappa shape index (κ3) is 2.17. The van der Waals surface area contributed by atoms with Crippen LogP contribution >= 0.6 is 11.6 Å². The zero-order chi connectivity index (χ0) is 13.2. The Labute approximate surface area is 115 Å². The molecule has 0 atom stereocenters. The minimum Gasteiger partial charge on any atom is -0.434 e. The van der Waals surface area contributed by atoms with Crippen LogP contribution in [-0.2, 0) is 12.4 Å². The highest BCUT2D eigenvalue weighted by Gasteiger charge is 2.13. The fourth-order valence-corrected chi connectivity index (χ4v) is 2.15. The number of fused-ring (bicyclic) bond motifs is 1. The van der Waals surface area contributed by atoms with E-state index < -0.39 is 0 Å². The van der Waals surface area contributed by atoms with Crippen molar-refractivity contribution >= 4 is 17.2 Å². The molecule has 0 saturated carbocycles. The number of imidazole rings is 1. The van der Waals surface area contributed by atoms with Crippen LogP contribution in [0.15, 0.2) is 36.8 Å². The van der Waals surface area contributed by atoms with Gasteiger partial charge < -0.3 is 4.74 Å². The van der Waals surface area contributed by atoms with E-state index in [1.807, 2.05) is 41.9 Å². The molecular formula is C13H13ClN4O. The second kappa shape index (κ2) is 4.93. The Kier molecular flexibility index (Phi) is 3.13. The molecule has 0 unspecified atom stereocenters. The van der Waals surface area contributed by atoms with E-state index in [2.05, 4.69) is 10.1 Å². The van der Waals surface area contributed by atoms with Crippen LogP contribution in [0.1, 0.15) is 12.6 Å². The first-order chi connectivity index (χ1) is 9.31. The molecule has 0 aromatic carbocycles. The lowest BCUT2D eigenvalue weighted by Crippen LogP contribution is -1.93. The SMILES string of the molecule is CCn1cc(Oc2nc3ccccn3c2CCl)cn1. The average Bonchev–Trinajstić information content (AvgIpc) is 3.02. The Morgan fingerprint density at radius 1 is 1.37 bits per heavy atom. The standard InChI is InChI=1S/C13H13ClN4O/c1-2-17-9-10(8-15-17)19-13-11(7-14)18-6-4-3-5-12(18)16-13/h3-6,8-9H,2,7H2,1H3. The van der Waals surface area contributed by atoms with Crippen LogP contribution in [0.5, 0.6) is 11.6 Å². The summed E-state index contributed by atoms with van der Waals surface area (Å²) in [5.74, 6) is 1.52. The fraction of sp³-hybridized carbons (Fsp3) is 0.231. The van der Waals surface area contributed by atoms with Crippen LogP contribution in [0.2, 0.25) is 0 Å². The van der Waals surface area contributed by atoms with Gasteiger partial charge in [-0.15, -0.1) is 11.6 Å². The summed E-state index contributed by atoms with van der Waals surface area (Å²) in [7, 11) is 0. The summed E-state index contributed by atoms with van der Waals surface area (Å²) in [4.78, 5) is 4.43. The van der Waals surface area contributed by atoms with Crippen LogP contribution in [0, 0.1) is 0 Å². The lowest BCUT2D eigenvalue weighted by molar-refractivity contribution is 0.460. The summed E-state index contributed by atoms with van der Waals surface area (Å²) in [6.45, 7) is 2.82. The third-order valence-corrected chi connectivity index (χ3v) is 3.12. The normalized spacial score (nSPS) is 11.1. The van der Waals surface area contributed by atoms with E-state index in [0.29, 0.717) is 17.5 Å². The number of nitrogens with zero attached hydrogens (tertiary/aromatic N) is 4. The molecule has 0 aliphatic carbocycles. The molecular weight excluding hydrogens is 264 g/mol. The molecule has 0 spiro atoms. The first kappa shape index (κ1) is 12.0. The first-order valence-corrected chi connectivity index (χ1v) is 6.57. The zero-order valence-electron chi connectivity index (χ0n) is 10.5. The molecule has 0 fully saturated rings. The van der Waals surface area contributed by atoms with E-state index in [-0.39, 0.29) is 0 Å². The van der Waals surface area contributed by atoms with E-state index in [4.69, 9.17) is 16.3 Å². The van der Waals surface area contributed by atoms with Crippen LogP contribution in [0.25, 0.3) is 5.65 Å².